The molecule has 2 rings (SSSR count). The molecule has 2 aromatic carbocycles. The number of benzene rings is 2. The number of ether oxygens (including phenoxy) is 2. The number of carbonyl (C=O) groups excluding carboxylic acids is 1. The van der Waals surface area contributed by atoms with Gasteiger partial charge in [-0.2, -0.15) is 0 Å². The molecule has 0 spiro atoms. The fraction of sp³-hybridized carbons (Fsp3) is 0.278. The van der Waals surface area contributed by atoms with Crippen LogP contribution in [0.15, 0.2) is 42.5 Å². The fourth-order valence-electron chi connectivity index (χ4n) is 1.86. The zero-order valence-electron chi connectivity index (χ0n) is 13.2. The third kappa shape index (κ3) is 4.96. The molecule has 0 fully saturated rings. The van der Waals surface area contributed by atoms with Gasteiger partial charge in [0.15, 0.2) is 0 Å². The molecule has 2 aromatic rings. The molecule has 0 bridgehead atoms. The summed E-state index contributed by atoms with van der Waals surface area (Å²) in [4.78, 5) is 12.0. The van der Waals surface area contributed by atoms with E-state index in [9.17, 15) is 9.18 Å². The Kier molecular flexibility index (Phi) is 5.26. The van der Waals surface area contributed by atoms with Crippen molar-refractivity contribution in [2.45, 2.75) is 33.0 Å². The van der Waals surface area contributed by atoms with Crippen molar-refractivity contribution in [3.63, 3.8) is 0 Å². The van der Waals surface area contributed by atoms with E-state index in [1.807, 2.05) is 30.3 Å². The Balaban J connectivity index is 2.15. The van der Waals surface area contributed by atoms with E-state index in [0.29, 0.717) is 0 Å². The normalized spacial score (nSPS) is 11.2. The Labute approximate surface area is 140 Å². The van der Waals surface area contributed by atoms with Gasteiger partial charge >= 0.3 is 5.97 Å². The molecule has 0 atom stereocenters. The smallest absolute Gasteiger partial charge is 0.341 e. The second-order valence-corrected chi connectivity index (χ2v) is 6.45. The van der Waals surface area contributed by atoms with Crippen LogP contribution in [-0.2, 0) is 11.3 Å². The number of esters is 1. The molecular formula is C18H18ClFO3. The summed E-state index contributed by atoms with van der Waals surface area (Å²) in [5.74, 6) is -1.31. The van der Waals surface area contributed by atoms with E-state index in [1.54, 1.807) is 20.8 Å². The van der Waals surface area contributed by atoms with Gasteiger partial charge in [-0.25, -0.2) is 9.18 Å². The first-order valence-electron chi connectivity index (χ1n) is 7.15. The summed E-state index contributed by atoms with van der Waals surface area (Å²) in [6, 6.07) is 11.8. The summed E-state index contributed by atoms with van der Waals surface area (Å²) >= 11 is 6.08. The number of halogens is 2. The van der Waals surface area contributed by atoms with Crippen molar-refractivity contribution in [1.29, 1.82) is 0 Å². The minimum Gasteiger partial charge on any atom is -0.487 e. The second kappa shape index (κ2) is 7.01. The first-order chi connectivity index (χ1) is 10.8. The molecule has 0 amide bonds. The second-order valence-electron chi connectivity index (χ2n) is 6.04. The van der Waals surface area contributed by atoms with Gasteiger partial charge in [0.05, 0.1) is 10.6 Å². The van der Waals surface area contributed by atoms with Gasteiger partial charge in [-0.1, -0.05) is 41.9 Å². The molecule has 122 valence electrons. The van der Waals surface area contributed by atoms with Crippen LogP contribution in [0.4, 0.5) is 4.39 Å². The van der Waals surface area contributed by atoms with Crippen molar-refractivity contribution in [2.75, 3.05) is 0 Å². The SMILES string of the molecule is CC(C)(C)OC(=O)c1cc(Cl)c(OCc2ccccc2)cc1F. The van der Waals surface area contributed by atoms with E-state index >= 15 is 0 Å². The van der Waals surface area contributed by atoms with E-state index in [1.165, 1.54) is 6.07 Å². The zero-order chi connectivity index (χ0) is 17.0. The van der Waals surface area contributed by atoms with Gasteiger partial charge in [0.25, 0.3) is 0 Å². The van der Waals surface area contributed by atoms with Crippen LogP contribution in [-0.4, -0.2) is 11.6 Å². The number of carbonyl (C=O) groups is 1. The highest BCUT2D eigenvalue weighted by Crippen LogP contribution is 2.29. The Morgan fingerprint density at radius 3 is 2.43 bits per heavy atom. The molecule has 0 radical (unpaired) electrons. The van der Waals surface area contributed by atoms with Crippen LogP contribution in [0.2, 0.25) is 5.02 Å². The molecule has 0 N–H and O–H groups in total. The predicted molar refractivity (Wildman–Crippen MR) is 87.4 cm³/mol. The van der Waals surface area contributed by atoms with E-state index in [-0.39, 0.29) is 22.9 Å². The molecule has 0 aliphatic rings. The van der Waals surface area contributed by atoms with Crippen molar-refractivity contribution < 1.29 is 18.7 Å². The van der Waals surface area contributed by atoms with Crippen molar-refractivity contribution in [3.8, 4) is 5.75 Å². The van der Waals surface area contributed by atoms with E-state index in [4.69, 9.17) is 21.1 Å². The van der Waals surface area contributed by atoms with E-state index in [2.05, 4.69) is 0 Å². The van der Waals surface area contributed by atoms with Gasteiger partial charge in [0.2, 0.25) is 0 Å². The minimum atomic E-state index is -0.758. The molecule has 23 heavy (non-hydrogen) atoms. The zero-order valence-corrected chi connectivity index (χ0v) is 14.0. The molecule has 5 heteroatoms. The Morgan fingerprint density at radius 2 is 1.83 bits per heavy atom. The molecular weight excluding hydrogens is 319 g/mol. The standard InChI is InChI=1S/C18H18ClFO3/c1-18(2,3)23-17(21)13-9-14(19)16(10-15(13)20)22-11-12-7-5-4-6-8-12/h4-10H,11H2,1-3H3. The number of hydrogen-bond donors (Lipinski definition) is 0. The maximum absolute atomic E-state index is 14.1. The molecule has 3 nitrogen and oxygen atoms in total. The molecule has 0 heterocycles. The summed E-state index contributed by atoms with van der Waals surface area (Å²) in [6.07, 6.45) is 0. The molecule has 0 aromatic heterocycles. The maximum atomic E-state index is 14.1. The van der Waals surface area contributed by atoms with Crippen LogP contribution < -0.4 is 4.74 Å². The van der Waals surface area contributed by atoms with Gasteiger partial charge in [-0.05, 0) is 32.4 Å². The summed E-state index contributed by atoms with van der Waals surface area (Å²) in [7, 11) is 0. The summed E-state index contributed by atoms with van der Waals surface area (Å²) in [5.41, 5.74) is 0.00977. The van der Waals surface area contributed by atoms with Crippen LogP contribution >= 0.6 is 11.6 Å². The van der Waals surface area contributed by atoms with E-state index < -0.39 is 17.4 Å². The van der Waals surface area contributed by atoms with Crippen LogP contribution in [0.25, 0.3) is 0 Å². The average Bonchev–Trinajstić information content (AvgIpc) is 2.47. The predicted octanol–water partition coefficient (Wildman–Crippen LogP) is 5.01. The average molecular weight is 337 g/mol. The highest BCUT2D eigenvalue weighted by molar-refractivity contribution is 6.32. The lowest BCUT2D eigenvalue weighted by Gasteiger charge is -2.20. The first kappa shape index (κ1) is 17.3. The third-order valence-corrected chi connectivity index (χ3v) is 3.17. The minimum absolute atomic E-state index is 0.156. The topological polar surface area (TPSA) is 35.5 Å². The fourth-order valence-corrected chi connectivity index (χ4v) is 2.08. The molecule has 0 saturated carbocycles. The highest BCUT2D eigenvalue weighted by Gasteiger charge is 2.22. The molecule has 0 aliphatic heterocycles. The number of rotatable bonds is 4. The third-order valence-electron chi connectivity index (χ3n) is 2.88. The summed E-state index contributed by atoms with van der Waals surface area (Å²) < 4.78 is 24.8. The van der Waals surface area contributed by atoms with Crippen molar-refractivity contribution in [3.05, 3.63) is 64.4 Å². The van der Waals surface area contributed by atoms with Gasteiger partial charge in [-0.3, -0.25) is 0 Å². The number of hydrogen-bond acceptors (Lipinski definition) is 3. The van der Waals surface area contributed by atoms with Gasteiger partial charge in [0, 0.05) is 6.07 Å². The van der Waals surface area contributed by atoms with Gasteiger partial charge < -0.3 is 9.47 Å². The van der Waals surface area contributed by atoms with Crippen molar-refractivity contribution in [2.24, 2.45) is 0 Å². The van der Waals surface area contributed by atoms with Crippen LogP contribution in [0, 0.1) is 5.82 Å². The van der Waals surface area contributed by atoms with Crippen molar-refractivity contribution >= 4 is 17.6 Å². The highest BCUT2D eigenvalue weighted by atomic mass is 35.5. The summed E-state index contributed by atoms with van der Waals surface area (Å²) in [5, 5.41) is 0.156. The lowest BCUT2D eigenvalue weighted by Crippen LogP contribution is -2.24. The van der Waals surface area contributed by atoms with Crippen molar-refractivity contribution in [1.82, 2.24) is 0 Å². The van der Waals surface area contributed by atoms with Crippen LogP contribution in [0.3, 0.4) is 0 Å². The molecule has 0 unspecified atom stereocenters. The van der Waals surface area contributed by atoms with Gasteiger partial charge in [0.1, 0.15) is 23.8 Å². The Morgan fingerprint density at radius 1 is 1.17 bits per heavy atom. The monoisotopic (exact) mass is 336 g/mol. The summed E-state index contributed by atoms with van der Waals surface area (Å²) in [6.45, 7) is 5.39. The van der Waals surface area contributed by atoms with E-state index in [0.717, 1.165) is 11.6 Å². The molecule has 0 aliphatic carbocycles. The van der Waals surface area contributed by atoms with Crippen LogP contribution in [0.5, 0.6) is 5.75 Å². The maximum Gasteiger partial charge on any atom is 0.341 e. The first-order valence-corrected chi connectivity index (χ1v) is 7.53. The quantitative estimate of drug-likeness (QED) is 0.736. The lowest BCUT2D eigenvalue weighted by molar-refractivity contribution is 0.00647. The largest absolute Gasteiger partial charge is 0.487 e. The Hall–Kier alpha value is -2.07. The Bertz CT molecular complexity index is 693. The van der Waals surface area contributed by atoms with Gasteiger partial charge in [-0.15, -0.1) is 0 Å². The lowest BCUT2D eigenvalue weighted by atomic mass is 10.1. The van der Waals surface area contributed by atoms with Crippen LogP contribution in [0.1, 0.15) is 36.7 Å². The molecule has 0 saturated heterocycles.